The molecular weight excluding hydrogens is 260 g/mol. The maximum Gasteiger partial charge on any atom is 0.243 e. The largest absolute Gasteiger partial charge is 0.310 e. The van der Waals surface area contributed by atoms with E-state index in [0.717, 1.165) is 18.4 Å². The quantitative estimate of drug-likeness (QED) is 0.868. The summed E-state index contributed by atoms with van der Waals surface area (Å²) in [5.41, 5.74) is 0.999. The number of benzene rings is 1. The summed E-state index contributed by atoms with van der Waals surface area (Å²) in [4.78, 5) is 0.393. The van der Waals surface area contributed by atoms with E-state index >= 15 is 0 Å². The summed E-state index contributed by atoms with van der Waals surface area (Å²) in [5.74, 6) is 0. The Morgan fingerprint density at radius 3 is 2.63 bits per heavy atom. The second-order valence-corrected chi connectivity index (χ2v) is 7.43. The molecule has 0 bridgehead atoms. The third kappa shape index (κ3) is 3.55. The maximum atomic E-state index is 12.4. The van der Waals surface area contributed by atoms with Crippen LogP contribution in [0.3, 0.4) is 0 Å². The summed E-state index contributed by atoms with van der Waals surface area (Å²) in [5, 5.41) is 3.30. The van der Waals surface area contributed by atoms with E-state index in [2.05, 4.69) is 19.2 Å². The zero-order chi connectivity index (χ0) is 14.0. The lowest BCUT2D eigenvalue weighted by Gasteiger charge is -2.17. The fourth-order valence-electron chi connectivity index (χ4n) is 1.94. The lowest BCUT2D eigenvalue weighted by molar-refractivity contribution is 0.464. The molecule has 5 heteroatoms. The molecule has 0 aliphatic heterocycles. The van der Waals surface area contributed by atoms with Gasteiger partial charge in [-0.2, -0.15) is 4.31 Å². The number of nitrogens with one attached hydrogen (secondary N) is 1. The highest BCUT2D eigenvalue weighted by molar-refractivity contribution is 7.89. The van der Waals surface area contributed by atoms with Crippen molar-refractivity contribution in [2.45, 2.75) is 50.2 Å². The van der Waals surface area contributed by atoms with Gasteiger partial charge in [-0.05, 0) is 30.5 Å². The first-order valence-electron chi connectivity index (χ1n) is 6.71. The van der Waals surface area contributed by atoms with Gasteiger partial charge in [0.25, 0.3) is 0 Å². The van der Waals surface area contributed by atoms with Crippen LogP contribution in [0.5, 0.6) is 0 Å². The summed E-state index contributed by atoms with van der Waals surface area (Å²) in [6.45, 7) is 4.83. The van der Waals surface area contributed by atoms with Crippen LogP contribution in [-0.2, 0) is 16.6 Å². The van der Waals surface area contributed by atoms with E-state index in [1.807, 2.05) is 12.1 Å². The lowest BCUT2D eigenvalue weighted by atomic mass is 10.2. The van der Waals surface area contributed by atoms with Crippen molar-refractivity contribution in [1.29, 1.82) is 0 Å². The Bertz CT molecular complexity index is 536. The highest BCUT2D eigenvalue weighted by Crippen LogP contribution is 2.30. The van der Waals surface area contributed by atoms with Gasteiger partial charge in [-0.15, -0.1) is 0 Å². The third-order valence-corrected chi connectivity index (χ3v) is 5.26. The molecule has 1 aromatic rings. The van der Waals surface area contributed by atoms with Gasteiger partial charge in [-0.3, -0.25) is 0 Å². The molecule has 1 aliphatic rings. The highest BCUT2D eigenvalue weighted by Gasteiger charge is 2.34. The van der Waals surface area contributed by atoms with Crippen LogP contribution in [0.25, 0.3) is 0 Å². The molecule has 0 amide bonds. The molecule has 0 atom stereocenters. The molecule has 0 aromatic heterocycles. The summed E-state index contributed by atoms with van der Waals surface area (Å²) < 4.78 is 26.3. The van der Waals surface area contributed by atoms with Crippen LogP contribution < -0.4 is 5.32 Å². The first-order valence-corrected chi connectivity index (χ1v) is 8.15. The summed E-state index contributed by atoms with van der Waals surface area (Å²) in [6.07, 6.45) is 1.95. The molecule has 1 fully saturated rings. The van der Waals surface area contributed by atoms with Crippen molar-refractivity contribution in [3.63, 3.8) is 0 Å². The molecule has 0 heterocycles. The van der Waals surface area contributed by atoms with E-state index < -0.39 is 10.0 Å². The number of nitrogens with zero attached hydrogens (tertiary/aromatic N) is 1. The number of sulfonamides is 1. The van der Waals surface area contributed by atoms with Crippen molar-refractivity contribution in [2.24, 2.45) is 0 Å². The van der Waals surface area contributed by atoms with E-state index in [1.54, 1.807) is 19.2 Å². The highest BCUT2D eigenvalue weighted by atomic mass is 32.2. The Labute approximate surface area is 115 Å². The van der Waals surface area contributed by atoms with E-state index in [0.29, 0.717) is 17.5 Å². The van der Waals surface area contributed by atoms with Gasteiger partial charge in [-0.25, -0.2) is 8.42 Å². The zero-order valence-electron chi connectivity index (χ0n) is 11.8. The van der Waals surface area contributed by atoms with Gasteiger partial charge in [-0.1, -0.05) is 26.0 Å². The van der Waals surface area contributed by atoms with Gasteiger partial charge in [0.2, 0.25) is 10.0 Å². The maximum absolute atomic E-state index is 12.4. The standard InChI is InChI=1S/C14H22N2O2S/c1-11(2)15-10-12-5-4-6-14(9-12)19(17,18)16(3)13-7-8-13/h4-6,9,11,13,15H,7-8,10H2,1-3H3. The summed E-state index contributed by atoms with van der Waals surface area (Å²) in [7, 11) is -1.66. The van der Waals surface area contributed by atoms with Crippen molar-refractivity contribution in [2.75, 3.05) is 7.05 Å². The van der Waals surface area contributed by atoms with E-state index in [9.17, 15) is 8.42 Å². The Morgan fingerprint density at radius 1 is 1.37 bits per heavy atom. The van der Waals surface area contributed by atoms with Crippen LogP contribution in [0, 0.1) is 0 Å². The van der Waals surface area contributed by atoms with Crippen molar-refractivity contribution < 1.29 is 8.42 Å². The molecule has 1 saturated carbocycles. The van der Waals surface area contributed by atoms with Crippen LogP contribution in [0.1, 0.15) is 32.3 Å². The predicted octanol–water partition coefficient (Wildman–Crippen LogP) is 1.97. The Hall–Kier alpha value is -0.910. The molecule has 0 saturated heterocycles. The second-order valence-electron chi connectivity index (χ2n) is 5.44. The molecule has 1 aromatic carbocycles. The van der Waals surface area contributed by atoms with Crippen molar-refractivity contribution in [1.82, 2.24) is 9.62 Å². The van der Waals surface area contributed by atoms with Crippen molar-refractivity contribution in [3.05, 3.63) is 29.8 Å². The first kappa shape index (κ1) is 14.5. The minimum Gasteiger partial charge on any atom is -0.310 e. The number of hydrogen-bond acceptors (Lipinski definition) is 3. The topological polar surface area (TPSA) is 49.4 Å². The van der Waals surface area contributed by atoms with E-state index in [-0.39, 0.29) is 6.04 Å². The molecule has 1 N–H and O–H groups in total. The average molecular weight is 282 g/mol. The van der Waals surface area contributed by atoms with E-state index in [4.69, 9.17) is 0 Å². The molecular formula is C14H22N2O2S. The van der Waals surface area contributed by atoms with Gasteiger partial charge in [0.1, 0.15) is 0 Å². The number of rotatable bonds is 6. The molecule has 0 radical (unpaired) electrons. The monoisotopic (exact) mass is 282 g/mol. The molecule has 4 nitrogen and oxygen atoms in total. The van der Waals surface area contributed by atoms with Crippen molar-refractivity contribution >= 4 is 10.0 Å². The smallest absolute Gasteiger partial charge is 0.243 e. The van der Waals surface area contributed by atoms with Crippen LogP contribution in [0.4, 0.5) is 0 Å². The molecule has 19 heavy (non-hydrogen) atoms. The first-order chi connectivity index (χ1) is 8.91. The average Bonchev–Trinajstić information content (AvgIpc) is 3.20. The molecule has 106 valence electrons. The van der Waals surface area contributed by atoms with Gasteiger partial charge in [0, 0.05) is 25.7 Å². The summed E-state index contributed by atoms with van der Waals surface area (Å²) >= 11 is 0. The van der Waals surface area contributed by atoms with Crippen molar-refractivity contribution in [3.8, 4) is 0 Å². The molecule has 1 aliphatic carbocycles. The predicted molar refractivity (Wildman–Crippen MR) is 76.4 cm³/mol. The van der Waals surface area contributed by atoms with Crippen LogP contribution >= 0.6 is 0 Å². The zero-order valence-corrected chi connectivity index (χ0v) is 12.6. The van der Waals surface area contributed by atoms with Crippen LogP contribution in [-0.4, -0.2) is 31.9 Å². The van der Waals surface area contributed by atoms with Gasteiger partial charge >= 0.3 is 0 Å². The Kier molecular flexibility index (Phi) is 4.28. The fourth-order valence-corrected chi connectivity index (χ4v) is 3.43. The third-order valence-electron chi connectivity index (χ3n) is 3.35. The van der Waals surface area contributed by atoms with Gasteiger partial charge in [0.15, 0.2) is 0 Å². The molecule has 0 spiro atoms. The minimum atomic E-state index is -3.33. The normalized spacial score (nSPS) is 16.3. The second kappa shape index (κ2) is 5.61. The SMILES string of the molecule is CC(C)NCc1cccc(S(=O)(=O)N(C)C2CC2)c1. The van der Waals surface area contributed by atoms with Crippen LogP contribution in [0.15, 0.2) is 29.2 Å². The number of hydrogen-bond donors (Lipinski definition) is 1. The molecule has 2 rings (SSSR count). The van der Waals surface area contributed by atoms with Gasteiger partial charge < -0.3 is 5.32 Å². The Morgan fingerprint density at radius 2 is 2.05 bits per heavy atom. The Balaban J connectivity index is 2.17. The lowest BCUT2D eigenvalue weighted by Crippen LogP contribution is -2.29. The molecule has 0 unspecified atom stereocenters. The minimum absolute atomic E-state index is 0.197. The fraction of sp³-hybridized carbons (Fsp3) is 0.571. The van der Waals surface area contributed by atoms with Crippen LogP contribution in [0.2, 0.25) is 0 Å². The van der Waals surface area contributed by atoms with Gasteiger partial charge in [0.05, 0.1) is 4.90 Å². The van der Waals surface area contributed by atoms with E-state index in [1.165, 1.54) is 4.31 Å². The summed E-state index contributed by atoms with van der Waals surface area (Å²) in [6, 6.07) is 7.78.